The molecule has 6 heteroatoms. The van der Waals surface area contributed by atoms with Gasteiger partial charge in [0.2, 0.25) is 0 Å². The molecule has 0 aromatic heterocycles. The summed E-state index contributed by atoms with van der Waals surface area (Å²) in [5.74, 6) is -0.864. The van der Waals surface area contributed by atoms with Crippen molar-refractivity contribution in [1.29, 1.82) is 0 Å². The maximum atomic E-state index is 12.8. The molecule has 0 saturated heterocycles. The van der Waals surface area contributed by atoms with E-state index in [0.29, 0.717) is 19.3 Å². The zero-order valence-electron chi connectivity index (χ0n) is 43.8. The number of unbranched alkanes of at least 4 members (excludes halogenated alkanes) is 38. The third-order valence-corrected chi connectivity index (χ3v) is 12.9. The zero-order valence-corrected chi connectivity index (χ0v) is 43.8. The predicted molar refractivity (Wildman–Crippen MR) is 279 cm³/mol. The Morgan fingerprint density at radius 1 is 0.292 bits per heavy atom. The average Bonchev–Trinajstić information content (AvgIpc) is 3.30. The fraction of sp³-hybridized carbons (Fsp3) is 0.881. The molecule has 0 aromatic rings. The van der Waals surface area contributed by atoms with Crippen LogP contribution in [0, 0.1) is 0 Å². The summed E-state index contributed by atoms with van der Waals surface area (Å²) in [4.78, 5) is 38.1. The van der Waals surface area contributed by atoms with E-state index in [1.807, 2.05) is 0 Å². The van der Waals surface area contributed by atoms with Crippen molar-refractivity contribution in [3.63, 3.8) is 0 Å². The van der Waals surface area contributed by atoms with Crippen LogP contribution in [0.1, 0.15) is 316 Å². The van der Waals surface area contributed by atoms with E-state index in [1.54, 1.807) is 0 Å². The smallest absolute Gasteiger partial charge is 0.306 e. The van der Waals surface area contributed by atoms with Gasteiger partial charge in [0.15, 0.2) is 6.10 Å². The van der Waals surface area contributed by atoms with Crippen molar-refractivity contribution in [2.45, 2.75) is 322 Å². The van der Waals surface area contributed by atoms with Crippen molar-refractivity contribution in [3.05, 3.63) is 24.3 Å². The van der Waals surface area contributed by atoms with Crippen LogP contribution in [-0.2, 0) is 28.6 Å². The van der Waals surface area contributed by atoms with Crippen molar-refractivity contribution < 1.29 is 28.6 Å². The maximum Gasteiger partial charge on any atom is 0.306 e. The van der Waals surface area contributed by atoms with Gasteiger partial charge in [-0.15, -0.1) is 0 Å². The van der Waals surface area contributed by atoms with Crippen LogP contribution >= 0.6 is 0 Å². The maximum absolute atomic E-state index is 12.8. The second kappa shape index (κ2) is 54.5. The van der Waals surface area contributed by atoms with Crippen LogP contribution < -0.4 is 0 Å². The van der Waals surface area contributed by atoms with E-state index in [9.17, 15) is 14.4 Å². The van der Waals surface area contributed by atoms with Crippen molar-refractivity contribution in [1.82, 2.24) is 0 Å². The van der Waals surface area contributed by atoms with E-state index in [1.165, 1.54) is 212 Å². The van der Waals surface area contributed by atoms with E-state index in [-0.39, 0.29) is 31.1 Å². The van der Waals surface area contributed by atoms with Gasteiger partial charge in [0.1, 0.15) is 13.2 Å². The standard InChI is InChI=1S/C59H110O6/c1-4-7-10-13-16-19-22-24-26-28-29-31-33-35-38-40-43-46-49-52-58(61)64-55-56(65-59(62)53-50-47-44-41-36-21-18-15-12-9-6-3)54-63-57(60)51-48-45-42-39-37-34-32-30-27-25-23-20-17-14-11-8-5-2/h15,18,24,26,56H,4-14,16-17,19-23,25,27-55H2,1-3H3/b18-15-,26-24-/t56-/m0/s1. The first-order chi connectivity index (χ1) is 32.0. The summed E-state index contributed by atoms with van der Waals surface area (Å²) >= 11 is 0. The quantitative estimate of drug-likeness (QED) is 0.0262. The lowest BCUT2D eigenvalue weighted by atomic mass is 10.0. The summed E-state index contributed by atoms with van der Waals surface area (Å²) in [6, 6.07) is 0. The third kappa shape index (κ3) is 52.7. The summed E-state index contributed by atoms with van der Waals surface area (Å²) in [5.41, 5.74) is 0. The Hall–Kier alpha value is -2.11. The topological polar surface area (TPSA) is 78.9 Å². The summed E-state index contributed by atoms with van der Waals surface area (Å²) in [6.45, 7) is 6.64. The first-order valence-corrected chi connectivity index (χ1v) is 28.8. The van der Waals surface area contributed by atoms with Gasteiger partial charge in [-0.2, -0.15) is 0 Å². The number of carbonyl (C=O) groups is 3. The van der Waals surface area contributed by atoms with Gasteiger partial charge in [-0.05, 0) is 64.2 Å². The molecule has 382 valence electrons. The number of carbonyl (C=O) groups excluding carboxylic acids is 3. The molecule has 65 heavy (non-hydrogen) atoms. The molecule has 0 fully saturated rings. The molecule has 0 unspecified atom stereocenters. The Balaban J connectivity index is 4.26. The summed E-state index contributed by atoms with van der Waals surface area (Å²) < 4.78 is 16.9. The fourth-order valence-corrected chi connectivity index (χ4v) is 8.54. The number of hydrogen-bond donors (Lipinski definition) is 0. The Morgan fingerprint density at radius 3 is 0.815 bits per heavy atom. The molecule has 0 radical (unpaired) electrons. The molecular weight excluding hydrogens is 805 g/mol. The van der Waals surface area contributed by atoms with Crippen LogP contribution in [0.2, 0.25) is 0 Å². The Morgan fingerprint density at radius 2 is 0.523 bits per heavy atom. The molecule has 6 nitrogen and oxygen atoms in total. The van der Waals surface area contributed by atoms with Crippen LogP contribution in [0.25, 0.3) is 0 Å². The Bertz CT molecular complexity index is 1050. The molecular formula is C59H110O6. The van der Waals surface area contributed by atoms with Gasteiger partial charge in [0.05, 0.1) is 0 Å². The predicted octanol–water partition coefficient (Wildman–Crippen LogP) is 19.1. The average molecular weight is 916 g/mol. The lowest BCUT2D eigenvalue weighted by Crippen LogP contribution is -2.30. The molecule has 0 amide bonds. The molecule has 0 N–H and O–H groups in total. The highest BCUT2D eigenvalue weighted by Crippen LogP contribution is 2.17. The third-order valence-electron chi connectivity index (χ3n) is 12.9. The molecule has 0 rings (SSSR count). The second-order valence-electron chi connectivity index (χ2n) is 19.6. The van der Waals surface area contributed by atoms with E-state index in [2.05, 4.69) is 45.1 Å². The Kier molecular flexibility index (Phi) is 52.7. The van der Waals surface area contributed by atoms with Gasteiger partial charge in [-0.1, -0.05) is 257 Å². The lowest BCUT2D eigenvalue weighted by molar-refractivity contribution is -0.167. The van der Waals surface area contributed by atoms with Crippen molar-refractivity contribution in [2.75, 3.05) is 13.2 Å². The molecule has 0 heterocycles. The van der Waals surface area contributed by atoms with Crippen LogP contribution in [-0.4, -0.2) is 37.2 Å². The van der Waals surface area contributed by atoms with Gasteiger partial charge in [-0.25, -0.2) is 0 Å². The molecule has 0 saturated carbocycles. The minimum atomic E-state index is -0.772. The highest BCUT2D eigenvalue weighted by atomic mass is 16.6. The van der Waals surface area contributed by atoms with Gasteiger partial charge in [0.25, 0.3) is 0 Å². The largest absolute Gasteiger partial charge is 0.462 e. The van der Waals surface area contributed by atoms with Gasteiger partial charge < -0.3 is 14.2 Å². The van der Waals surface area contributed by atoms with Crippen LogP contribution in [0.15, 0.2) is 24.3 Å². The summed E-state index contributed by atoms with van der Waals surface area (Å²) in [7, 11) is 0. The van der Waals surface area contributed by atoms with E-state index >= 15 is 0 Å². The lowest BCUT2D eigenvalue weighted by Gasteiger charge is -2.18. The molecule has 0 aliphatic carbocycles. The van der Waals surface area contributed by atoms with Gasteiger partial charge in [0, 0.05) is 19.3 Å². The van der Waals surface area contributed by atoms with Crippen LogP contribution in [0.4, 0.5) is 0 Å². The molecule has 0 aliphatic rings. The number of allylic oxidation sites excluding steroid dienone is 4. The minimum absolute atomic E-state index is 0.0709. The first kappa shape index (κ1) is 62.9. The number of ether oxygens (including phenoxy) is 3. The minimum Gasteiger partial charge on any atom is -0.462 e. The summed E-state index contributed by atoms with van der Waals surface area (Å²) in [5, 5.41) is 0. The fourth-order valence-electron chi connectivity index (χ4n) is 8.54. The molecule has 0 spiro atoms. The molecule has 1 atom stereocenters. The molecule has 0 aliphatic heterocycles. The van der Waals surface area contributed by atoms with Crippen molar-refractivity contribution in [3.8, 4) is 0 Å². The number of hydrogen-bond acceptors (Lipinski definition) is 6. The van der Waals surface area contributed by atoms with Crippen LogP contribution in [0.3, 0.4) is 0 Å². The van der Waals surface area contributed by atoms with E-state index in [0.717, 1.165) is 64.2 Å². The Labute approximate surface area is 404 Å². The van der Waals surface area contributed by atoms with Crippen molar-refractivity contribution in [2.24, 2.45) is 0 Å². The molecule has 0 bridgehead atoms. The SMILES string of the molecule is CCCC/C=C\CCCCCCCC(=O)O[C@H](COC(=O)CCCCCCCCCCC/C=C\CCCCCCCC)COC(=O)CCCCCCCCCCCCCCCCCCC. The number of rotatable bonds is 53. The van der Waals surface area contributed by atoms with Crippen LogP contribution in [0.5, 0.6) is 0 Å². The normalized spacial score (nSPS) is 12.1. The molecule has 0 aromatic carbocycles. The monoisotopic (exact) mass is 915 g/mol. The van der Waals surface area contributed by atoms with Gasteiger partial charge in [-0.3, -0.25) is 14.4 Å². The highest BCUT2D eigenvalue weighted by Gasteiger charge is 2.19. The van der Waals surface area contributed by atoms with Crippen molar-refractivity contribution >= 4 is 17.9 Å². The first-order valence-electron chi connectivity index (χ1n) is 28.8. The summed E-state index contributed by atoms with van der Waals surface area (Å²) in [6.07, 6.45) is 63.1. The second-order valence-corrected chi connectivity index (χ2v) is 19.6. The number of esters is 3. The van der Waals surface area contributed by atoms with E-state index < -0.39 is 6.10 Å². The zero-order chi connectivity index (χ0) is 47.2. The van der Waals surface area contributed by atoms with E-state index in [4.69, 9.17) is 14.2 Å². The highest BCUT2D eigenvalue weighted by molar-refractivity contribution is 5.71. The van der Waals surface area contributed by atoms with Gasteiger partial charge >= 0.3 is 17.9 Å².